The second kappa shape index (κ2) is 16.3. The molecular weight excluding hydrogens is 624 g/mol. The number of nitrogens with one attached hydrogen (secondary N) is 1. The molecule has 1 heterocycles. The Morgan fingerprint density at radius 2 is 1.62 bits per heavy atom. The van der Waals surface area contributed by atoms with Crippen molar-refractivity contribution >= 4 is 16.9 Å². The van der Waals surface area contributed by atoms with Crippen LogP contribution in [0.2, 0.25) is 0 Å². The number of nitrogens with zero attached hydrogens (tertiary/aromatic N) is 1. The number of aliphatic hydroxyl groups excluding tert-OH is 1. The number of ether oxygens (including phenoxy) is 3. The van der Waals surface area contributed by atoms with Gasteiger partial charge in [-0.25, -0.2) is 4.79 Å². The molecule has 7 heteroatoms. The molecule has 0 bridgehead atoms. The van der Waals surface area contributed by atoms with E-state index in [0.29, 0.717) is 13.1 Å². The molecule has 6 rings (SSSR count). The van der Waals surface area contributed by atoms with E-state index >= 15 is 0 Å². The average Bonchev–Trinajstić information content (AvgIpc) is 3.16. The van der Waals surface area contributed by atoms with Crippen LogP contribution in [0, 0.1) is 5.92 Å². The lowest BCUT2D eigenvalue weighted by Gasteiger charge is -2.43. The van der Waals surface area contributed by atoms with E-state index in [1.165, 1.54) is 22.4 Å². The maximum absolute atomic E-state index is 12.0. The number of fused-ring (bicyclic) bond motifs is 1. The number of carbonyl (C=O) groups is 1. The molecule has 2 N–H and O–H groups in total. The number of rotatable bonds is 12. The third kappa shape index (κ3) is 8.32. The van der Waals surface area contributed by atoms with Crippen LogP contribution in [0.3, 0.4) is 0 Å². The summed E-state index contributed by atoms with van der Waals surface area (Å²) in [5.41, 5.74) is 7.11. The van der Waals surface area contributed by atoms with Gasteiger partial charge in [0, 0.05) is 30.6 Å². The van der Waals surface area contributed by atoms with Crippen molar-refractivity contribution in [1.82, 2.24) is 10.2 Å². The van der Waals surface area contributed by atoms with Crippen LogP contribution in [-0.4, -0.2) is 42.4 Å². The van der Waals surface area contributed by atoms with Gasteiger partial charge in [0.1, 0.15) is 6.61 Å². The largest absolute Gasteiger partial charge is 0.445 e. The lowest BCUT2D eigenvalue weighted by Crippen LogP contribution is -2.44. The topological polar surface area (TPSA) is 80.3 Å². The smallest absolute Gasteiger partial charge is 0.407 e. The van der Waals surface area contributed by atoms with E-state index in [9.17, 15) is 9.90 Å². The summed E-state index contributed by atoms with van der Waals surface area (Å²) in [5.74, 6) is 0.0583. The zero-order valence-electron chi connectivity index (χ0n) is 29.0. The van der Waals surface area contributed by atoms with Gasteiger partial charge in [-0.15, -0.1) is 0 Å². The van der Waals surface area contributed by atoms with Crippen molar-refractivity contribution in [3.63, 3.8) is 0 Å². The summed E-state index contributed by atoms with van der Waals surface area (Å²) in [5, 5.41) is 14.9. The van der Waals surface area contributed by atoms with Crippen molar-refractivity contribution in [3.8, 4) is 11.1 Å². The number of alkyl carbamates (subject to hydrolysis) is 1. The van der Waals surface area contributed by atoms with Crippen LogP contribution >= 0.6 is 0 Å². The summed E-state index contributed by atoms with van der Waals surface area (Å²) in [6.07, 6.45) is 0.131. The Morgan fingerprint density at radius 3 is 2.38 bits per heavy atom. The Kier molecular flexibility index (Phi) is 11.4. The third-order valence-corrected chi connectivity index (χ3v) is 9.70. The predicted octanol–water partition coefficient (Wildman–Crippen LogP) is 8.90. The van der Waals surface area contributed by atoms with E-state index < -0.39 is 12.4 Å². The Labute approximate surface area is 295 Å². The summed E-state index contributed by atoms with van der Waals surface area (Å²) in [7, 11) is 2.16. The van der Waals surface area contributed by atoms with Crippen LogP contribution in [0.15, 0.2) is 128 Å². The number of carbonyl (C=O) groups excluding carboxylic acids is 1. The van der Waals surface area contributed by atoms with Gasteiger partial charge < -0.3 is 24.6 Å². The number of hydrogen-bond acceptors (Lipinski definition) is 6. The van der Waals surface area contributed by atoms with Crippen LogP contribution in [-0.2, 0) is 27.4 Å². The maximum Gasteiger partial charge on any atom is 0.407 e. The molecule has 0 aliphatic carbocycles. The van der Waals surface area contributed by atoms with Gasteiger partial charge >= 0.3 is 6.09 Å². The molecule has 1 aliphatic heterocycles. The lowest BCUT2D eigenvalue weighted by molar-refractivity contribution is -0.276. The van der Waals surface area contributed by atoms with Gasteiger partial charge in [0.05, 0.1) is 18.8 Å². The zero-order chi connectivity index (χ0) is 35.0. The first-order valence-corrected chi connectivity index (χ1v) is 17.2. The Balaban J connectivity index is 1.24. The molecule has 258 valence electrons. The number of likely N-dealkylation sites (N-methyl/N-ethyl adjacent to an activating group) is 1. The molecule has 0 saturated carbocycles. The Bertz CT molecular complexity index is 1910. The van der Waals surface area contributed by atoms with Crippen molar-refractivity contribution in [3.05, 3.63) is 156 Å². The second-order valence-electron chi connectivity index (χ2n) is 13.1. The summed E-state index contributed by atoms with van der Waals surface area (Å²) in [6.45, 7) is 9.24. The SMILES string of the molecule is C=CCOC(=O)NCc1cccc(-c2cccc(C3OC(CN(C)C(C)c4ccc5ccccc5c4)C(C)C(c4ccc(CO)cc4)O3)c2)c1. The molecule has 5 aromatic carbocycles. The summed E-state index contributed by atoms with van der Waals surface area (Å²) >= 11 is 0. The van der Waals surface area contributed by atoms with Gasteiger partial charge in [0.15, 0.2) is 6.29 Å². The van der Waals surface area contributed by atoms with Gasteiger partial charge in [0.2, 0.25) is 0 Å². The van der Waals surface area contributed by atoms with E-state index in [1.54, 1.807) is 0 Å². The van der Waals surface area contributed by atoms with E-state index in [0.717, 1.165) is 33.4 Å². The standard InChI is InChI=1S/C43H46N2O5/c1-5-22-48-43(47)44-26-32-10-8-13-36(23-32)38-14-9-15-39(25-38)42-49-40(29(2)41(50-42)34-18-16-31(28-46)17-19-34)27-45(4)30(3)35-21-20-33-11-6-7-12-37(33)24-35/h5-21,23-25,29-30,40-42,46H,1,22,26-28H2,2-4H3,(H,44,47). The predicted molar refractivity (Wildman–Crippen MR) is 198 cm³/mol. The number of amides is 1. The number of benzene rings is 5. The van der Waals surface area contributed by atoms with Crippen molar-refractivity contribution in [2.45, 2.75) is 51.5 Å². The van der Waals surface area contributed by atoms with Gasteiger partial charge in [-0.1, -0.05) is 117 Å². The first kappa shape index (κ1) is 35.1. The highest BCUT2D eigenvalue weighted by Gasteiger charge is 2.39. The minimum Gasteiger partial charge on any atom is -0.445 e. The molecular formula is C43H46N2O5. The molecule has 0 radical (unpaired) electrons. The van der Waals surface area contributed by atoms with Crippen molar-refractivity contribution in [2.75, 3.05) is 20.2 Å². The van der Waals surface area contributed by atoms with Crippen LogP contribution < -0.4 is 5.32 Å². The summed E-state index contributed by atoms with van der Waals surface area (Å²) in [4.78, 5) is 14.3. The van der Waals surface area contributed by atoms with Gasteiger partial charge in [-0.3, -0.25) is 4.90 Å². The highest BCUT2D eigenvalue weighted by atomic mass is 16.7. The maximum atomic E-state index is 12.0. The number of aliphatic hydroxyl groups is 1. The summed E-state index contributed by atoms with van der Waals surface area (Å²) in [6, 6.07) is 39.7. The highest BCUT2D eigenvalue weighted by molar-refractivity contribution is 5.83. The van der Waals surface area contributed by atoms with Crippen molar-refractivity contribution in [2.24, 2.45) is 5.92 Å². The fourth-order valence-electron chi connectivity index (χ4n) is 6.58. The van der Waals surface area contributed by atoms with E-state index in [4.69, 9.17) is 14.2 Å². The van der Waals surface area contributed by atoms with E-state index in [-0.39, 0.29) is 37.4 Å². The number of hydrogen-bond donors (Lipinski definition) is 2. The third-order valence-electron chi connectivity index (χ3n) is 9.70. The van der Waals surface area contributed by atoms with Crippen LogP contribution in [0.4, 0.5) is 4.79 Å². The van der Waals surface area contributed by atoms with E-state index in [2.05, 4.69) is 123 Å². The van der Waals surface area contributed by atoms with Crippen LogP contribution in [0.5, 0.6) is 0 Å². The van der Waals surface area contributed by atoms with Gasteiger partial charge in [-0.05, 0) is 76.3 Å². The van der Waals surface area contributed by atoms with Crippen molar-refractivity contribution in [1.29, 1.82) is 0 Å². The molecule has 50 heavy (non-hydrogen) atoms. The fraction of sp³-hybridized carbons (Fsp3) is 0.279. The first-order valence-electron chi connectivity index (χ1n) is 17.2. The first-order chi connectivity index (χ1) is 24.3. The minimum atomic E-state index is -0.590. The molecule has 1 fully saturated rings. The van der Waals surface area contributed by atoms with Gasteiger partial charge in [-0.2, -0.15) is 0 Å². The Hall–Kier alpha value is -4.79. The fourth-order valence-corrected chi connectivity index (χ4v) is 6.58. The average molecular weight is 671 g/mol. The summed E-state index contributed by atoms with van der Waals surface area (Å²) < 4.78 is 18.7. The molecule has 5 unspecified atom stereocenters. The molecule has 1 saturated heterocycles. The molecule has 5 aromatic rings. The molecule has 1 amide bonds. The second-order valence-corrected chi connectivity index (χ2v) is 13.1. The quantitative estimate of drug-likeness (QED) is 0.129. The minimum absolute atomic E-state index is 0.00335. The van der Waals surface area contributed by atoms with E-state index in [1.807, 2.05) is 30.3 Å². The molecule has 0 spiro atoms. The van der Waals surface area contributed by atoms with Crippen LogP contribution in [0.25, 0.3) is 21.9 Å². The highest BCUT2D eigenvalue weighted by Crippen LogP contribution is 2.43. The van der Waals surface area contributed by atoms with Gasteiger partial charge in [0.25, 0.3) is 0 Å². The van der Waals surface area contributed by atoms with Crippen LogP contribution in [0.1, 0.15) is 60.1 Å². The Morgan fingerprint density at radius 1 is 0.880 bits per heavy atom. The molecule has 7 nitrogen and oxygen atoms in total. The zero-order valence-corrected chi connectivity index (χ0v) is 29.0. The monoisotopic (exact) mass is 670 g/mol. The lowest BCUT2D eigenvalue weighted by atomic mass is 9.89. The molecule has 5 atom stereocenters. The normalized spacial score (nSPS) is 19.6. The molecule has 1 aliphatic rings. The molecule has 0 aromatic heterocycles. The van der Waals surface area contributed by atoms with Crippen molar-refractivity contribution < 1.29 is 24.1 Å².